The van der Waals surface area contributed by atoms with Crippen molar-refractivity contribution in [3.8, 4) is 16.9 Å². The second-order valence-corrected chi connectivity index (χ2v) is 12.3. The number of hydrogen-bond donors (Lipinski definition) is 1. The highest BCUT2D eigenvalue weighted by atomic mass is 16.5. The molecule has 0 radical (unpaired) electrons. The average molecular weight is 602 g/mol. The maximum Gasteiger partial charge on any atom is 0.407 e. The number of benzene rings is 3. The van der Waals surface area contributed by atoms with Crippen molar-refractivity contribution in [1.82, 2.24) is 14.9 Å². The van der Waals surface area contributed by atoms with Crippen LogP contribution in [0.4, 0.5) is 4.79 Å². The van der Waals surface area contributed by atoms with E-state index in [0.717, 1.165) is 54.6 Å². The lowest BCUT2D eigenvalue weighted by molar-refractivity contribution is 0.123. The van der Waals surface area contributed by atoms with Gasteiger partial charge in [-0.15, -0.1) is 0 Å². The van der Waals surface area contributed by atoms with Crippen LogP contribution in [0.2, 0.25) is 0 Å². The summed E-state index contributed by atoms with van der Waals surface area (Å²) >= 11 is 0. The highest BCUT2D eigenvalue weighted by Gasteiger charge is 2.19. The zero-order valence-corrected chi connectivity index (χ0v) is 27.5. The third kappa shape index (κ3) is 7.65. The average Bonchev–Trinajstić information content (AvgIpc) is 3.43. The van der Waals surface area contributed by atoms with Crippen LogP contribution >= 0.6 is 0 Å². The summed E-state index contributed by atoms with van der Waals surface area (Å²) in [4.78, 5) is 17.7. The van der Waals surface area contributed by atoms with E-state index in [1.165, 1.54) is 33.2 Å². The van der Waals surface area contributed by atoms with Crippen LogP contribution in [-0.4, -0.2) is 22.3 Å². The molecule has 2 heterocycles. The fourth-order valence-corrected chi connectivity index (χ4v) is 6.27. The van der Waals surface area contributed by atoms with Crippen LogP contribution in [-0.2, 0) is 30.5 Å². The second-order valence-electron chi connectivity index (χ2n) is 12.3. The third-order valence-electron chi connectivity index (χ3n) is 8.80. The zero-order chi connectivity index (χ0) is 31.8. The minimum absolute atomic E-state index is 0.200. The van der Waals surface area contributed by atoms with E-state index in [0.29, 0.717) is 19.1 Å². The molecule has 0 bridgehead atoms. The Bertz CT molecular complexity index is 1680. The zero-order valence-electron chi connectivity index (χ0n) is 27.5. The lowest BCUT2D eigenvalue weighted by Gasteiger charge is -2.17. The molecule has 5 aromatic rings. The van der Waals surface area contributed by atoms with Crippen molar-refractivity contribution >= 4 is 17.0 Å². The van der Waals surface area contributed by atoms with Gasteiger partial charge in [-0.25, -0.2) is 4.79 Å². The van der Waals surface area contributed by atoms with Gasteiger partial charge in [-0.1, -0.05) is 102 Å². The summed E-state index contributed by atoms with van der Waals surface area (Å²) in [6, 6.07) is 27.7. The molecule has 2 aromatic heterocycles. The van der Waals surface area contributed by atoms with Gasteiger partial charge in [0.1, 0.15) is 0 Å². The molecule has 5 heteroatoms. The van der Waals surface area contributed by atoms with Crippen molar-refractivity contribution < 1.29 is 9.53 Å². The van der Waals surface area contributed by atoms with Crippen molar-refractivity contribution in [3.05, 3.63) is 119 Å². The van der Waals surface area contributed by atoms with Gasteiger partial charge in [-0.05, 0) is 83.5 Å². The Kier molecular flexibility index (Phi) is 10.7. The molecule has 0 spiro atoms. The number of aromatic nitrogens is 2. The molecule has 1 N–H and O–H groups in total. The number of nitrogens with one attached hydrogen (secondary N) is 1. The molecule has 3 aromatic carbocycles. The lowest BCUT2D eigenvalue weighted by atomic mass is 9.93. The molecule has 0 aliphatic rings. The molecule has 1 amide bonds. The number of carbonyl (C=O) groups excluding carboxylic acids is 1. The van der Waals surface area contributed by atoms with Gasteiger partial charge in [0.05, 0.1) is 24.0 Å². The number of ether oxygens (including phenoxy) is 1. The van der Waals surface area contributed by atoms with Crippen molar-refractivity contribution in [2.45, 2.75) is 79.2 Å². The summed E-state index contributed by atoms with van der Waals surface area (Å²) in [7, 11) is 0. The fourth-order valence-electron chi connectivity index (χ4n) is 6.27. The van der Waals surface area contributed by atoms with E-state index < -0.39 is 0 Å². The van der Waals surface area contributed by atoms with E-state index in [9.17, 15) is 4.79 Å². The maximum absolute atomic E-state index is 12.6. The molecule has 0 fully saturated rings. The standard InChI is InChI=1S/C40H47N3O2/c1-6-13-30(27-45-40(44)42-24-29-14-10-9-11-15-29)22-34-26-43(35-20-18-33(19-21-35)28(4)5)38-25-41-37(23-36(34)38)39-31(7-2)16-12-17-32(39)8-3/h9-12,14-21,23,25-26,28,30H,6-8,13,22,24,27H2,1-5H3,(H,42,44). The van der Waals surface area contributed by atoms with Crippen LogP contribution in [0.15, 0.2) is 91.3 Å². The number of nitrogens with zero attached hydrogens (tertiary/aromatic N) is 2. The van der Waals surface area contributed by atoms with Crippen molar-refractivity contribution in [1.29, 1.82) is 0 Å². The molecule has 1 atom stereocenters. The first-order valence-electron chi connectivity index (χ1n) is 16.6. The number of hydrogen-bond acceptors (Lipinski definition) is 3. The monoisotopic (exact) mass is 601 g/mol. The van der Waals surface area contributed by atoms with Gasteiger partial charge >= 0.3 is 6.09 Å². The van der Waals surface area contributed by atoms with Crippen LogP contribution in [0.5, 0.6) is 0 Å². The van der Waals surface area contributed by atoms with E-state index in [-0.39, 0.29) is 12.0 Å². The van der Waals surface area contributed by atoms with Crippen molar-refractivity contribution in [2.24, 2.45) is 5.92 Å². The van der Waals surface area contributed by atoms with Crippen molar-refractivity contribution in [3.63, 3.8) is 0 Å². The molecule has 0 saturated carbocycles. The molecular weight excluding hydrogens is 554 g/mol. The predicted molar refractivity (Wildman–Crippen MR) is 186 cm³/mol. The normalized spacial score (nSPS) is 12.0. The Morgan fingerprint density at radius 1 is 0.889 bits per heavy atom. The first-order valence-corrected chi connectivity index (χ1v) is 16.6. The van der Waals surface area contributed by atoms with Crippen LogP contribution in [0.1, 0.15) is 81.2 Å². The molecular formula is C40H47N3O2. The Morgan fingerprint density at radius 2 is 1.60 bits per heavy atom. The Morgan fingerprint density at radius 3 is 2.24 bits per heavy atom. The Balaban J connectivity index is 1.48. The topological polar surface area (TPSA) is 56.1 Å². The molecule has 234 valence electrons. The summed E-state index contributed by atoms with van der Waals surface area (Å²) in [5, 5.41) is 4.11. The first kappa shape index (κ1) is 32.0. The highest BCUT2D eigenvalue weighted by molar-refractivity contribution is 5.89. The number of fused-ring (bicyclic) bond motifs is 1. The van der Waals surface area contributed by atoms with Gasteiger partial charge in [-0.2, -0.15) is 0 Å². The first-order chi connectivity index (χ1) is 21.9. The SMILES string of the molecule is CCCC(COC(=O)NCc1ccccc1)Cc1cn(-c2ccc(C(C)C)cc2)c2cnc(-c3c(CC)cccc3CC)cc12. The van der Waals surface area contributed by atoms with E-state index in [1.807, 2.05) is 36.5 Å². The van der Waals surface area contributed by atoms with Crippen LogP contribution < -0.4 is 5.32 Å². The van der Waals surface area contributed by atoms with Gasteiger partial charge in [0.2, 0.25) is 0 Å². The van der Waals surface area contributed by atoms with E-state index in [2.05, 4.69) is 99.2 Å². The highest BCUT2D eigenvalue weighted by Crippen LogP contribution is 2.34. The van der Waals surface area contributed by atoms with Gasteiger partial charge < -0.3 is 14.6 Å². The Labute approximate surface area is 268 Å². The minimum Gasteiger partial charge on any atom is -0.449 e. The molecule has 0 aliphatic carbocycles. The van der Waals surface area contributed by atoms with Gasteiger partial charge in [0, 0.05) is 29.4 Å². The fraction of sp³-hybridized carbons (Fsp3) is 0.350. The number of amides is 1. The number of aryl methyl sites for hydroxylation is 2. The molecule has 1 unspecified atom stereocenters. The summed E-state index contributed by atoms with van der Waals surface area (Å²) < 4.78 is 8.05. The summed E-state index contributed by atoms with van der Waals surface area (Å²) in [5.41, 5.74) is 10.8. The number of pyridine rings is 1. The second kappa shape index (κ2) is 15.1. The minimum atomic E-state index is -0.373. The van der Waals surface area contributed by atoms with Crippen LogP contribution in [0, 0.1) is 5.92 Å². The number of alkyl carbamates (subject to hydrolysis) is 1. The summed E-state index contributed by atoms with van der Waals surface area (Å²) in [5.74, 6) is 0.678. The van der Waals surface area contributed by atoms with E-state index >= 15 is 0 Å². The Hall–Kier alpha value is -4.38. The molecule has 5 nitrogen and oxygen atoms in total. The number of carbonyl (C=O) groups is 1. The quantitative estimate of drug-likeness (QED) is 0.146. The van der Waals surface area contributed by atoms with Gasteiger partial charge in [0.15, 0.2) is 0 Å². The van der Waals surface area contributed by atoms with Gasteiger partial charge in [0.25, 0.3) is 0 Å². The largest absolute Gasteiger partial charge is 0.449 e. The smallest absolute Gasteiger partial charge is 0.407 e. The number of rotatable bonds is 13. The van der Waals surface area contributed by atoms with E-state index in [1.54, 1.807) is 0 Å². The van der Waals surface area contributed by atoms with Crippen molar-refractivity contribution in [2.75, 3.05) is 6.61 Å². The summed E-state index contributed by atoms with van der Waals surface area (Å²) in [6.07, 6.45) is 8.66. The molecule has 0 aliphatic heterocycles. The van der Waals surface area contributed by atoms with Crippen LogP contribution in [0.3, 0.4) is 0 Å². The summed E-state index contributed by atoms with van der Waals surface area (Å²) in [6.45, 7) is 11.9. The van der Waals surface area contributed by atoms with E-state index in [4.69, 9.17) is 9.72 Å². The molecule has 5 rings (SSSR count). The maximum atomic E-state index is 12.6. The molecule has 0 saturated heterocycles. The lowest BCUT2D eigenvalue weighted by Crippen LogP contribution is -2.26. The van der Waals surface area contributed by atoms with Crippen LogP contribution in [0.25, 0.3) is 27.8 Å². The third-order valence-corrected chi connectivity index (χ3v) is 8.80. The predicted octanol–water partition coefficient (Wildman–Crippen LogP) is 9.83. The van der Waals surface area contributed by atoms with Gasteiger partial charge in [-0.3, -0.25) is 4.98 Å². The molecule has 45 heavy (non-hydrogen) atoms.